The van der Waals surface area contributed by atoms with Gasteiger partial charge in [-0.15, -0.1) is 0 Å². The van der Waals surface area contributed by atoms with Crippen molar-refractivity contribution in [2.24, 2.45) is 5.92 Å². The Morgan fingerprint density at radius 2 is 2.00 bits per heavy atom. The molecule has 0 aliphatic heterocycles. The Hall–Kier alpha value is -0.580. The Bertz CT molecular complexity index is 353. The standard InChI is InChI=1S/C14H21BrO3/c1-11(2)5-6-17-7-8-18-14-4-3-13(15)9-12(14)10-16/h3-4,9,11,16H,5-8,10H2,1-2H3. The number of hydrogen-bond donors (Lipinski definition) is 1. The van der Waals surface area contributed by atoms with Crippen LogP contribution in [0.3, 0.4) is 0 Å². The van der Waals surface area contributed by atoms with E-state index in [0.717, 1.165) is 23.1 Å². The maximum absolute atomic E-state index is 9.21. The second kappa shape index (κ2) is 8.51. The van der Waals surface area contributed by atoms with Crippen LogP contribution in [0.1, 0.15) is 25.8 Å². The summed E-state index contributed by atoms with van der Waals surface area (Å²) in [4.78, 5) is 0. The number of rotatable bonds is 8. The van der Waals surface area contributed by atoms with Gasteiger partial charge in [-0.3, -0.25) is 0 Å². The van der Waals surface area contributed by atoms with Crippen LogP contribution in [0.2, 0.25) is 0 Å². The summed E-state index contributed by atoms with van der Waals surface area (Å²) in [5.74, 6) is 1.38. The minimum absolute atomic E-state index is 0.0248. The van der Waals surface area contributed by atoms with E-state index in [0.29, 0.717) is 24.9 Å². The zero-order chi connectivity index (χ0) is 13.4. The lowest BCUT2D eigenvalue weighted by atomic mass is 10.1. The average Bonchev–Trinajstić information content (AvgIpc) is 2.34. The van der Waals surface area contributed by atoms with E-state index in [-0.39, 0.29) is 6.61 Å². The van der Waals surface area contributed by atoms with Crippen molar-refractivity contribution < 1.29 is 14.6 Å². The smallest absolute Gasteiger partial charge is 0.125 e. The Kier molecular flexibility index (Phi) is 7.32. The van der Waals surface area contributed by atoms with E-state index >= 15 is 0 Å². The van der Waals surface area contributed by atoms with Crippen LogP contribution in [0.5, 0.6) is 5.75 Å². The fourth-order valence-corrected chi connectivity index (χ4v) is 1.85. The van der Waals surface area contributed by atoms with Crippen molar-refractivity contribution >= 4 is 15.9 Å². The number of benzene rings is 1. The highest BCUT2D eigenvalue weighted by atomic mass is 79.9. The van der Waals surface area contributed by atoms with Gasteiger partial charge < -0.3 is 14.6 Å². The van der Waals surface area contributed by atoms with Crippen molar-refractivity contribution in [2.45, 2.75) is 26.9 Å². The van der Waals surface area contributed by atoms with Crippen LogP contribution in [0.15, 0.2) is 22.7 Å². The third-order valence-corrected chi connectivity index (χ3v) is 3.01. The minimum Gasteiger partial charge on any atom is -0.491 e. The summed E-state index contributed by atoms with van der Waals surface area (Å²) in [6, 6.07) is 5.60. The van der Waals surface area contributed by atoms with E-state index in [1.165, 1.54) is 0 Å². The van der Waals surface area contributed by atoms with Gasteiger partial charge in [0.25, 0.3) is 0 Å². The lowest BCUT2D eigenvalue weighted by Crippen LogP contribution is -2.09. The van der Waals surface area contributed by atoms with E-state index in [1.54, 1.807) is 0 Å². The summed E-state index contributed by atoms with van der Waals surface area (Å²) >= 11 is 3.36. The summed E-state index contributed by atoms with van der Waals surface area (Å²) in [7, 11) is 0. The topological polar surface area (TPSA) is 38.7 Å². The van der Waals surface area contributed by atoms with Crippen LogP contribution in [0.4, 0.5) is 0 Å². The SMILES string of the molecule is CC(C)CCOCCOc1ccc(Br)cc1CO. The molecule has 4 heteroatoms. The molecule has 0 aliphatic carbocycles. The van der Waals surface area contributed by atoms with Gasteiger partial charge in [0.2, 0.25) is 0 Å². The second-order valence-corrected chi connectivity index (χ2v) is 5.47. The zero-order valence-electron chi connectivity index (χ0n) is 11.0. The molecule has 0 radical (unpaired) electrons. The molecule has 0 heterocycles. The van der Waals surface area contributed by atoms with Gasteiger partial charge in [0.15, 0.2) is 0 Å². The van der Waals surface area contributed by atoms with Crippen molar-refractivity contribution in [3.05, 3.63) is 28.2 Å². The van der Waals surface area contributed by atoms with Crippen molar-refractivity contribution in [2.75, 3.05) is 19.8 Å². The molecule has 0 atom stereocenters. The molecule has 0 unspecified atom stereocenters. The Morgan fingerprint density at radius 1 is 1.22 bits per heavy atom. The van der Waals surface area contributed by atoms with Gasteiger partial charge in [0.1, 0.15) is 12.4 Å². The molecule has 0 amide bonds. The number of ether oxygens (including phenoxy) is 2. The van der Waals surface area contributed by atoms with Crippen molar-refractivity contribution in [1.82, 2.24) is 0 Å². The van der Waals surface area contributed by atoms with Gasteiger partial charge in [0.05, 0.1) is 13.2 Å². The van der Waals surface area contributed by atoms with Crippen molar-refractivity contribution in [3.8, 4) is 5.75 Å². The molecule has 1 rings (SSSR count). The van der Waals surface area contributed by atoms with Crippen LogP contribution < -0.4 is 4.74 Å². The van der Waals surface area contributed by atoms with Crippen LogP contribution in [0.25, 0.3) is 0 Å². The van der Waals surface area contributed by atoms with E-state index in [2.05, 4.69) is 29.8 Å². The Morgan fingerprint density at radius 3 is 2.67 bits per heavy atom. The second-order valence-electron chi connectivity index (χ2n) is 4.55. The molecule has 0 saturated heterocycles. The van der Waals surface area contributed by atoms with Gasteiger partial charge >= 0.3 is 0 Å². The quantitative estimate of drug-likeness (QED) is 0.747. The number of hydrogen-bond acceptors (Lipinski definition) is 3. The molecule has 1 aromatic carbocycles. The van der Waals surface area contributed by atoms with Crippen LogP contribution >= 0.6 is 15.9 Å². The molecule has 1 aromatic rings. The maximum Gasteiger partial charge on any atom is 0.125 e. The molecule has 0 spiro atoms. The highest BCUT2D eigenvalue weighted by Gasteiger charge is 2.03. The molecule has 0 fully saturated rings. The Balaban J connectivity index is 2.27. The highest BCUT2D eigenvalue weighted by Crippen LogP contribution is 2.23. The predicted molar refractivity (Wildman–Crippen MR) is 75.8 cm³/mol. The zero-order valence-corrected chi connectivity index (χ0v) is 12.6. The third kappa shape index (κ3) is 5.85. The summed E-state index contributed by atoms with van der Waals surface area (Å²) < 4.78 is 12.0. The fourth-order valence-electron chi connectivity index (χ4n) is 1.44. The van der Waals surface area contributed by atoms with Gasteiger partial charge in [-0.25, -0.2) is 0 Å². The minimum atomic E-state index is -0.0248. The molecule has 3 nitrogen and oxygen atoms in total. The lowest BCUT2D eigenvalue weighted by Gasteiger charge is -2.11. The molecule has 0 bridgehead atoms. The number of aliphatic hydroxyl groups excluding tert-OH is 1. The molecule has 18 heavy (non-hydrogen) atoms. The van der Waals surface area contributed by atoms with Crippen LogP contribution in [0, 0.1) is 5.92 Å². The van der Waals surface area contributed by atoms with E-state index < -0.39 is 0 Å². The normalized spacial score (nSPS) is 10.9. The Labute approximate surface area is 117 Å². The van der Waals surface area contributed by atoms with Gasteiger partial charge in [-0.1, -0.05) is 29.8 Å². The van der Waals surface area contributed by atoms with E-state index in [4.69, 9.17) is 9.47 Å². The largest absolute Gasteiger partial charge is 0.491 e. The van der Waals surface area contributed by atoms with Gasteiger partial charge in [-0.05, 0) is 30.5 Å². The third-order valence-electron chi connectivity index (χ3n) is 2.52. The molecule has 0 saturated carbocycles. The average molecular weight is 317 g/mol. The molecule has 0 aliphatic rings. The first kappa shape index (κ1) is 15.5. The predicted octanol–water partition coefficient (Wildman–Crippen LogP) is 3.38. The highest BCUT2D eigenvalue weighted by molar-refractivity contribution is 9.10. The number of halogens is 1. The molecular formula is C14H21BrO3. The molecule has 102 valence electrons. The summed E-state index contributed by atoms with van der Waals surface area (Å²) in [5, 5.41) is 9.21. The van der Waals surface area contributed by atoms with E-state index in [1.807, 2.05) is 18.2 Å². The number of aliphatic hydroxyl groups is 1. The summed E-state index contributed by atoms with van der Waals surface area (Å²) in [5.41, 5.74) is 0.784. The monoisotopic (exact) mass is 316 g/mol. The first-order valence-electron chi connectivity index (χ1n) is 6.23. The van der Waals surface area contributed by atoms with Crippen LogP contribution in [-0.4, -0.2) is 24.9 Å². The molecule has 1 N–H and O–H groups in total. The summed E-state index contributed by atoms with van der Waals surface area (Å²) in [6.07, 6.45) is 1.07. The first-order valence-corrected chi connectivity index (χ1v) is 7.02. The lowest BCUT2D eigenvalue weighted by molar-refractivity contribution is 0.0917. The fraction of sp³-hybridized carbons (Fsp3) is 0.571. The molecule has 0 aromatic heterocycles. The van der Waals surface area contributed by atoms with Crippen molar-refractivity contribution in [3.63, 3.8) is 0 Å². The van der Waals surface area contributed by atoms with E-state index in [9.17, 15) is 5.11 Å². The van der Waals surface area contributed by atoms with Crippen LogP contribution in [-0.2, 0) is 11.3 Å². The van der Waals surface area contributed by atoms with Crippen molar-refractivity contribution in [1.29, 1.82) is 0 Å². The molecular weight excluding hydrogens is 296 g/mol. The van der Waals surface area contributed by atoms with Gasteiger partial charge in [-0.2, -0.15) is 0 Å². The maximum atomic E-state index is 9.21. The summed E-state index contributed by atoms with van der Waals surface area (Å²) in [6.45, 7) is 6.18. The van der Waals surface area contributed by atoms with Gasteiger partial charge in [0, 0.05) is 16.6 Å². The first-order chi connectivity index (χ1) is 8.63.